The van der Waals surface area contributed by atoms with E-state index >= 15 is 0 Å². The van der Waals surface area contributed by atoms with Gasteiger partial charge in [-0.25, -0.2) is 13.8 Å². The third-order valence-corrected chi connectivity index (χ3v) is 5.93. The first-order chi connectivity index (χ1) is 14.8. The lowest BCUT2D eigenvalue weighted by molar-refractivity contribution is 0.227. The number of pyridine rings is 1. The maximum absolute atomic E-state index is 13.9. The van der Waals surface area contributed by atoms with E-state index in [0.29, 0.717) is 35.8 Å². The molecule has 1 saturated heterocycles. The van der Waals surface area contributed by atoms with Crippen molar-refractivity contribution in [3.05, 3.63) is 58.2 Å². The van der Waals surface area contributed by atoms with Crippen molar-refractivity contribution in [2.75, 3.05) is 12.3 Å². The van der Waals surface area contributed by atoms with Crippen molar-refractivity contribution in [2.45, 2.75) is 38.2 Å². The molecule has 3 aromatic rings. The molecular formula is C21H21Cl2F2N5O. The molecule has 3 N–H and O–H groups in total. The van der Waals surface area contributed by atoms with Gasteiger partial charge in [0.1, 0.15) is 18.1 Å². The molecule has 0 amide bonds. The average Bonchev–Trinajstić information content (AvgIpc) is 3.36. The first-order valence-electron chi connectivity index (χ1n) is 9.77. The van der Waals surface area contributed by atoms with E-state index in [1.54, 1.807) is 30.1 Å². The smallest absolute Gasteiger partial charge is 0.166 e. The molecule has 0 saturated carbocycles. The molecule has 6 nitrogen and oxygen atoms in total. The number of nitrogens with one attached hydrogen (secondary N) is 1. The summed E-state index contributed by atoms with van der Waals surface area (Å²) in [4.78, 5) is 4.20. The molecule has 1 unspecified atom stereocenters. The van der Waals surface area contributed by atoms with E-state index in [2.05, 4.69) is 15.4 Å². The van der Waals surface area contributed by atoms with Crippen molar-refractivity contribution in [3.63, 3.8) is 0 Å². The number of alkyl halides is 1. The number of hydrogen-bond donors (Lipinski definition) is 2. The molecule has 164 valence electrons. The Hall–Kier alpha value is -2.42. The summed E-state index contributed by atoms with van der Waals surface area (Å²) < 4.78 is 34.9. The highest BCUT2D eigenvalue weighted by molar-refractivity contribution is 6.36. The van der Waals surface area contributed by atoms with Crippen LogP contribution in [0, 0.1) is 5.82 Å². The lowest BCUT2D eigenvalue weighted by Gasteiger charge is -2.19. The van der Waals surface area contributed by atoms with Crippen molar-refractivity contribution >= 4 is 29.0 Å². The molecule has 1 aliphatic heterocycles. The highest BCUT2D eigenvalue weighted by Crippen LogP contribution is 2.36. The van der Waals surface area contributed by atoms with Crippen molar-refractivity contribution in [1.82, 2.24) is 20.1 Å². The highest BCUT2D eigenvalue weighted by Gasteiger charge is 2.24. The number of anilines is 1. The third-order valence-electron chi connectivity index (χ3n) is 5.21. The fourth-order valence-electron chi connectivity index (χ4n) is 3.62. The van der Waals surface area contributed by atoms with Crippen LogP contribution < -0.4 is 15.8 Å². The quantitative estimate of drug-likeness (QED) is 0.508. The first kappa shape index (κ1) is 21.8. The molecule has 3 atom stereocenters. The van der Waals surface area contributed by atoms with E-state index in [-0.39, 0.29) is 16.9 Å². The van der Waals surface area contributed by atoms with Crippen LogP contribution in [-0.2, 0) is 6.54 Å². The topological polar surface area (TPSA) is 78.0 Å². The molecule has 0 radical (unpaired) electrons. The Bertz CT molecular complexity index is 1090. The van der Waals surface area contributed by atoms with Crippen LogP contribution in [0.25, 0.3) is 11.1 Å². The number of nitrogens with two attached hydrogens (primary N) is 1. The van der Waals surface area contributed by atoms with E-state index in [1.807, 2.05) is 6.20 Å². The molecule has 4 rings (SSSR count). The predicted molar refractivity (Wildman–Crippen MR) is 117 cm³/mol. The van der Waals surface area contributed by atoms with Crippen molar-refractivity contribution in [3.8, 4) is 16.9 Å². The van der Waals surface area contributed by atoms with Gasteiger partial charge in [-0.3, -0.25) is 4.68 Å². The van der Waals surface area contributed by atoms with Gasteiger partial charge in [0.15, 0.2) is 11.6 Å². The van der Waals surface area contributed by atoms with Crippen LogP contribution in [0.3, 0.4) is 0 Å². The predicted octanol–water partition coefficient (Wildman–Crippen LogP) is 4.81. The highest BCUT2D eigenvalue weighted by atomic mass is 35.5. The van der Waals surface area contributed by atoms with Crippen molar-refractivity contribution in [2.24, 2.45) is 0 Å². The van der Waals surface area contributed by atoms with Gasteiger partial charge in [0.25, 0.3) is 0 Å². The van der Waals surface area contributed by atoms with Crippen LogP contribution in [0.1, 0.15) is 25.0 Å². The first-order valence-corrected chi connectivity index (χ1v) is 10.5. The number of aromatic nitrogens is 3. The van der Waals surface area contributed by atoms with Gasteiger partial charge < -0.3 is 15.8 Å². The molecule has 1 aromatic carbocycles. The van der Waals surface area contributed by atoms with Gasteiger partial charge in [-0.2, -0.15) is 5.10 Å². The van der Waals surface area contributed by atoms with E-state index < -0.39 is 18.1 Å². The maximum Gasteiger partial charge on any atom is 0.166 e. The standard InChI is InChI=1S/C21H21Cl2F2N5O/c1-11(19-16(22)2-3-17(25)20(19)23)31-18-4-12(6-28-21(18)26)13-7-29-30(9-13)10-15-5-14(24)8-27-15/h2-4,6-7,9,11,14-15,27H,5,8,10H2,1H3,(H2,26,28)/t11-,14?,15-/m1/s1. The Morgan fingerprint density at radius 3 is 2.87 bits per heavy atom. The summed E-state index contributed by atoms with van der Waals surface area (Å²) in [6.45, 7) is 2.64. The average molecular weight is 468 g/mol. The Labute approximate surface area is 188 Å². The van der Waals surface area contributed by atoms with Crippen LogP contribution in [0.4, 0.5) is 14.6 Å². The van der Waals surface area contributed by atoms with Gasteiger partial charge in [0.2, 0.25) is 0 Å². The summed E-state index contributed by atoms with van der Waals surface area (Å²) >= 11 is 12.3. The molecule has 1 fully saturated rings. The van der Waals surface area contributed by atoms with E-state index in [1.165, 1.54) is 12.1 Å². The van der Waals surface area contributed by atoms with Crippen molar-refractivity contribution < 1.29 is 13.5 Å². The summed E-state index contributed by atoms with van der Waals surface area (Å²) in [5.41, 5.74) is 7.86. The minimum absolute atomic E-state index is 0.0489. The maximum atomic E-state index is 13.9. The summed E-state index contributed by atoms with van der Waals surface area (Å²) in [5.74, 6) is -0.0951. The van der Waals surface area contributed by atoms with Gasteiger partial charge in [0, 0.05) is 46.7 Å². The second kappa shape index (κ2) is 8.98. The molecule has 10 heteroatoms. The number of rotatable bonds is 6. The van der Waals surface area contributed by atoms with Crippen LogP contribution in [0.15, 0.2) is 36.8 Å². The SMILES string of the molecule is C[C@@H](Oc1cc(-c2cnn(C[C@H]3CC(F)CN3)c2)cnc1N)c1c(Cl)ccc(F)c1Cl. The molecule has 31 heavy (non-hydrogen) atoms. The van der Waals surface area contributed by atoms with E-state index in [4.69, 9.17) is 33.7 Å². The summed E-state index contributed by atoms with van der Waals surface area (Å²) in [5, 5.41) is 7.68. The molecule has 0 spiro atoms. The Morgan fingerprint density at radius 2 is 2.13 bits per heavy atom. The third kappa shape index (κ3) is 4.76. The Balaban J connectivity index is 1.53. The molecule has 1 aliphatic rings. The van der Waals surface area contributed by atoms with Gasteiger partial charge >= 0.3 is 0 Å². The van der Waals surface area contributed by atoms with E-state index in [0.717, 1.165) is 11.1 Å². The molecule has 2 aromatic heterocycles. The second-order valence-corrected chi connectivity index (χ2v) is 8.30. The Morgan fingerprint density at radius 1 is 1.32 bits per heavy atom. The monoisotopic (exact) mass is 467 g/mol. The zero-order valence-corrected chi connectivity index (χ0v) is 18.2. The van der Waals surface area contributed by atoms with Gasteiger partial charge in [0.05, 0.1) is 17.8 Å². The normalized spacial score (nSPS) is 19.5. The Kier molecular flexibility index (Phi) is 6.31. The number of ether oxygens (including phenoxy) is 1. The van der Waals surface area contributed by atoms with Gasteiger partial charge in [-0.15, -0.1) is 0 Å². The van der Waals surface area contributed by atoms with Gasteiger partial charge in [-0.05, 0) is 31.5 Å². The molecule has 3 heterocycles. The summed E-state index contributed by atoms with van der Waals surface area (Å²) in [6, 6.07) is 4.40. The summed E-state index contributed by atoms with van der Waals surface area (Å²) in [7, 11) is 0. The minimum Gasteiger partial charge on any atom is -0.482 e. The fourth-order valence-corrected chi connectivity index (χ4v) is 4.30. The second-order valence-electron chi connectivity index (χ2n) is 7.51. The zero-order chi connectivity index (χ0) is 22.1. The number of hydrogen-bond acceptors (Lipinski definition) is 5. The number of nitrogens with zero attached hydrogens (tertiary/aromatic N) is 3. The van der Waals surface area contributed by atoms with Gasteiger partial charge in [-0.1, -0.05) is 23.2 Å². The lowest BCUT2D eigenvalue weighted by Crippen LogP contribution is -2.26. The molecular weight excluding hydrogens is 447 g/mol. The zero-order valence-electron chi connectivity index (χ0n) is 16.7. The van der Waals surface area contributed by atoms with Crippen LogP contribution >= 0.6 is 23.2 Å². The van der Waals surface area contributed by atoms with E-state index in [9.17, 15) is 8.78 Å². The lowest BCUT2D eigenvalue weighted by atomic mass is 10.1. The minimum atomic E-state index is -0.817. The largest absolute Gasteiger partial charge is 0.482 e. The van der Waals surface area contributed by atoms with Crippen LogP contribution in [0.2, 0.25) is 10.0 Å². The number of nitrogen functional groups attached to an aromatic ring is 1. The fraction of sp³-hybridized carbons (Fsp3) is 0.333. The molecule has 0 bridgehead atoms. The van der Waals surface area contributed by atoms with Crippen LogP contribution in [0.5, 0.6) is 5.75 Å². The summed E-state index contributed by atoms with van der Waals surface area (Å²) in [6.07, 6.45) is 4.15. The molecule has 0 aliphatic carbocycles. The number of benzene rings is 1. The van der Waals surface area contributed by atoms with Crippen LogP contribution in [-0.4, -0.2) is 33.5 Å². The van der Waals surface area contributed by atoms with Crippen molar-refractivity contribution in [1.29, 1.82) is 0 Å². The number of halogens is 4.